The van der Waals surface area contributed by atoms with Crippen LogP contribution in [0.1, 0.15) is 34.6 Å². The smallest absolute Gasteiger partial charge is 0.216 e. The number of carbonyl (C=O) groups is 1. The number of nitrogens with one attached hydrogen (secondary N) is 1. The Morgan fingerprint density at radius 2 is 1.30 bits per heavy atom. The molecule has 0 heterocycles. The van der Waals surface area contributed by atoms with Crippen molar-refractivity contribution in [3.8, 4) is 0 Å². The Morgan fingerprint density at radius 3 is 1.30 bits per heavy atom. The van der Waals surface area contributed by atoms with Gasteiger partial charge in [-0.3, -0.25) is 4.79 Å². The summed E-state index contributed by atoms with van der Waals surface area (Å²) >= 11 is 0. The molecular weight excluding hydrogens is 126 g/mol. The summed E-state index contributed by atoms with van der Waals surface area (Å²) in [6, 6.07) is 0. The van der Waals surface area contributed by atoms with Crippen molar-refractivity contribution in [2.45, 2.75) is 34.6 Å². The first-order valence-electron chi connectivity index (χ1n) is 3.45. The fourth-order valence-corrected chi connectivity index (χ4v) is 0. The third-order valence-corrected chi connectivity index (χ3v) is 0.352. The van der Waals surface area contributed by atoms with Gasteiger partial charge in [-0.2, -0.15) is 0 Å². The molecule has 10 heavy (non-hydrogen) atoms. The van der Waals surface area contributed by atoms with Crippen LogP contribution in [0.5, 0.6) is 0 Å². The van der Waals surface area contributed by atoms with Crippen molar-refractivity contribution in [2.24, 2.45) is 5.41 Å². The molecule has 0 saturated carbocycles. The Hall–Kier alpha value is -0.530. The molecule has 0 aromatic carbocycles. The van der Waals surface area contributed by atoms with Crippen LogP contribution in [0.2, 0.25) is 0 Å². The lowest BCUT2D eigenvalue weighted by Crippen LogP contribution is -2.11. The first-order chi connectivity index (χ1) is 4.27. The van der Waals surface area contributed by atoms with Crippen LogP contribution >= 0.6 is 0 Å². The minimum atomic E-state index is 0.00463. The molecule has 0 unspecified atom stereocenters. The van der Waals surface area contributed by atoms with Crippen LogP contribution in [0.4, 0.5) is 0 Å². The van der Waals surface area contributed by atoms with Gasteiger partial charge in [-0.15, -0.1) is 0 Å². The van der Waals surface area contributed by atoms with E-state index in [4.69, 9.17) is 0 Å². The van der Waals surface area contributed by atoms with Gasteiger partial charge in [0, 0.05) is 14.0 Å². The van der Waals surface area contributed by atoms with Gasteiger partial charge in [0.25, 0.3) is 0 Å². The molecule has 0 aliphatic heterocycles. The molecule has 2 heteroatoms. The lowest BCUT2D eigenvalue weighted by atomic mass is 10.0. The minimum absolute atomic E-state index is 0.00463. The van der Waals surface area contributed by atoms with E-state index >= 15 is 0 Å². The van der Waals surface area contributed by atoms with E-state index in [-0.39, 0.29) is 5.91 Å². The highest BCUT2D eigenvalue weighted by Gasteiger charge is 1.95. The first-order valence-corrected chi connectivity index (χ1v) is 3.45. The van der Waals surface area contributed by atoms with Crippen LogP contribution in [0.3, 0.4) is 0 Å². The number of rotatable bonds is 0. The van der Waals surface area contributed by atoms with Gasteiger partial charge in [0.1, 0.15) is 0 Å². The molecule has 0 aliphatic rings. The normalized spacial score (nSPS) is 9.40. The molecular formula is C8H19NO. The maximum Gasteiger partial charge on any atom is 0.216 e. The van der Waals surface area contributed by atoms with E-state index in [1.54, 1.807) is 7.05 Å². The van der Waals surface area contributed by atoms with Crippen molar-refractivity contribution in [3.63, 3.8) is 0 Å². The maximum absolute atomic E-state index is 9.70. The number of carbonyl (C=O) groups excluding carboxylic acids is 1. The van der Waals surface area contributed by atoms with Crippen molar-refractivity contribution < 1.29 is 4.79 Å². The van der Waals surface area contributed by atoms with Crippen molar-refractivity contribution >= 4 is 5.91 Å². The maximum atomic E-state index is 9.70. The second-order valence-corrected chi connectivity index (χ2v) is 3.81. The average molecular weight is 145 g/mol. The van der Waals surface area contributed by atoms with Gasteiger partial charge in [0.15, 0.2) is 0 Å². The molecule has 0 saturated heterocycles. The molecule has 1 amide bonds. The first kappa shape index (κ1) is 12.2. The highest BCUT2D eigenvalue weighted by molar-refractivity contribution is 5.72. The SMILES string of the molecule is CC(C)(C)C.CNC(C)=O. The summed E-state index contributed by atoms with van der Waals surface area (Å²) in [5.41, 5.74) is 0.500. The molecule has 0 bridgehead atoms. The van der Waals surface area contributed by atoms with E-state index in [0.29, 0.717) is 5.41 Å². The monoisotopic (exact) mass is 145 g/mol. The van der Waals surface area contributed by atoms with Gasteiger partial charge in [-0.05, 0) is 5.41 Å². The van der Waals surface area contributed by atoms with E-state index in [1.807, 2.05) is 0 Å². The van der Waals surface area contributed by atoms with Crippen LogP contribution in [0.15, 0.2) is 0 Å². The van der Waals surface area contributed by atoms with Crippen LogP contribution in [0, 0.1) is 5.41 Å². The van der Waals surface area contributed by atoms with Crippen LogP contribution < -0.4 is 5.32 Å². The zero-order valence-electron chi connectivity index (χ0n) is 7.91. The molecule has 0 spiro atoms. The van der Waals surface area contributed by atoms with Gasteiger partial charge in [0.05, 0.1) is 0 Å². The topological polar surface area (TPSA) is 29.1 Å². The Kier molecular flexibility index (Phi) is 6.42. The summed E-state index contributed by atoms with van der Waals surface area (Å²) in [7, 11) is 1.60. The van der Waals surface area contributed by atoms with Gasteiger partial charge in [0.2, 0.25) is 5.91 Å². The number of hydrogen-bond acceptors (Lipinski definition) is 1. The van der Waals surface area contributed by atoms with E-state index < -0.39 is 0 Å². The van der Waals surface area contributed by atoms with Crippen molar-refractivity contribution in [1.82, 2.24) is 5.32 Å². The van der Waals surface area contributed by atoms with Crippen molar-refractivity contribution in [3.05, 3.63) is 0 Å². The number of amides is 1. The zero-order chi connectivity index (χ0) is 8.78. The molecule has 2 nitrogen and oxygen atoms in total. The van der Waals surface area contributed by atoms with Crippen LogP contribution in [-0.4, -0.2) is 13.0 Å². The lowest BCUT2D eigenvalue weighted by molar-refractivity contribution is -0.118. The lowest BCUT2D eigenvalue weighted by Gasteiger charge is -2.05. The standard InChI is InChI=1S/C5H12.C3H7NO/c1-5(2,3)4;1-3(5)4-2/h1-4H3;1-2H3,(H,4,5). The molecule has 0 aliphatic carbocycles. The van der Waals surface area contributed by atoms with Gasteiger partial charge in [-0.1, -0.05) is 27.7 Å². The summed E-state index contributed by atoms with van der Waals surface area (Å²) in [6.45, 7) is 10.2. The quantitative estimate of drug-likeness (QED) is 0.553. The summed E-state index contributed by atoms with van der Waals surface area (Å²) in [5, 5.41) is 2.39. The molecule has 0 aromatic rings. The fraction of sp³-hybridized carbons (Fsp3) is 0.875. The molecule has 1 N–H and O–H groups in total. The van der Waals surface area contributed by atoms with Gasteiger partial charge < -0.3 is 5.32 Å². The summed E-state index contributed by atoms with van der Waals surface area (Å²) < 4.78 is 0. The highest BCUT2D eigenvalue weighted by atomic mass is 16.1. The predicted molar refractivity (Wildman–Crippen MR) is 44.9 cm³/mol. The third-order valence-electron chi connectivity index (χ3n) is 0.352. The van der Waals surface area contributed by atoms with E-state index in [2.05, 4.69) is 33.0 Å². The third kappa shape index (κ3) is 145. The van der Waals surface area contributed by atoms with Crippen molar-refractivity contribution in [2.75, 3.05) is 7.05 Å². The minimum Gasteiger partial charge on any atom is -0.359 e. The molecule has 0 rings (SSSR count). The predicted octanol–water partition coefficient (Wildman–Crippen LogP) is 1.80. The van der Waals surface area contributed by atoms with Crippen molar-refractivity contribution in [1.29, 1.82) is 0 Å². The molecule has 0 radical (unpaired) electrons. The Bertz CT molecular complexity index is 85.9. The summed E-state index contributed by atoms with van der Waals surface area (Å²) in [5.74, 6) is 0.00463. The highest BCUT2D eigenvalue weighted by Crippen LogP contribution is 2.07. The zero-order valence-corrected chi connectivity index (χ0v) is 7.91. The van der Waals surface area contributed by atoms with Gasteiger partial charge >= 0.3 is 0 Å². The second-order valence-electron chi connectivity index (χ2n) is 3.81. The number of hydrogen-bond donors (Lipinski definition) is 1. The fourth-order valence-electron chi connectivity index (χ4n) is 0. The Morgan fingerprint density at radius 1 is 1.20 bits per heavy atom. The molecule has 62 valence electrons. The van der Waals surface area contributed by atoms with E-state index in [1.165, 1.54) is 6.92 Å². The van der Waals surface area contributed by atoms with Crippen LogP contribution in [-0.2, 0) is 4.79 Å². The Balaban J connectivity index is 0. The second kappa shape index (κ2) is 5.27. The summed E-state index contributed by atoms with van der Waals surface area (Å²) in [4.78, 5) is 9.70. The molecule has 0 fully saturated rings. The summed E-state index contributed by atoms with van der Waals surface area (Å²) in [6.07, 6.45) is 0. The Labute approximate surface area is 64.0 Å². The molecule has 0 atom stereocenters. The van der Waals surface area contributed by atoms with Crippen LogP contribution in [0.25, 0.3) is 0 Å². The van der Waals surface area contributed by atoms with E-state index in [9.17, 15) is 4.79 Å². The average Bonchev–Trinajstić information content (AvgIpc) is 1.61. The van der Waals surface area contributed by atoms with Gasteiger partial charge in [-0.25, -0.2) is 0 Å². The van der Waals surface area contributed by atoms with E-state index in [0.717, 1.165) is 0 Å². The molecule has 0 aromatic heterocycles. The largest absolute Gasteiger partial charge is 0.359 e.